The van der Waals surface area contributed by atoms with Crippen LogP contribution in [0.15, 0.2) is 46.4 Å². The lowest BCUT2D eigenvalue weighted by molar-refractivity contribution is -0.143. The second-order valence-electron chi connectivity index (χ2n) is 5.72. The first kappa shape index (κ1) is 18.5. The number of hydrogen-bond donors (Lipinski definition) is 1. The molecule has 1 heterocycles. The molecule has 0 fully saturated rings. The minimum Gasteiger partial charge on any atom is -0.488 e. The maximum Gasteiger partial charge on any atom is 0.338 e. The summed E-state index contributed by atoms with van der Waals surface area (Å²) >= 11 is 9.31. The van der Waals surface area contributed by atoms with Gasteiger partial charge in [-0.15, -0.1) is 0 Å². The molecule has 7 heteroatoms. The lowest BCUT2D eigenvalue weighted by Gasteiger charge is -2.17. The molecule has 26 heavy (non-hydrogen) atoms. The lowest BCUT2D eigenvalue weighted by atomic mass is 10.1. The van der Waals surface area contributed by atoms with E-state index in [0.717, 1.165) is 10.0 Å². The van der Waals surface area contributed by atoms with Gasteiger partial charge in [0.25, 0.3) is 5.91 Å². The van der Waals surface area contributed by atoms with Gasteiger partial charge in [-0.2, -0.15) is 0 Å². The first-order valence-corrected chi connectivity index (χ1v) is 8.95. The van der Waals surface area contributed by atoms with E-state index in [9.17, 15) is 9.59 Å². The van der Waals surface area contributed by atoms with Crippen molar-refractivity contribution in [1.29, 1.82) is 0 Å². The predicted molar refractivity (Wildman–Crippen MR) is 103 cm³/mol. The van der Waals surface area contributed by atoms with Crippen LogP contribution in [0, 0.1) is 6.92 Å². The van der Waals surface area contributed by atoms with E-state index in [4.69, 9.17) is 21.1 Å². The van der Waals surface area contributed by atoms with Gasteiger partial charge in [0.15, 0.2) is 6.61 Å². The van der Waals surface area contributed by atoms with Crippen molar-refractivity contribution >= 4 is 51.2 Å². The molecule has 0 atom stereocenters. The molecule has 1 aliphatic heterocycles. The van der Waals surface area contributed by atoms with Crippen molar-refractivity contribution in [1.82, 2.24) is 0 Å². The van der Waals surface area contributed by atoms with Crippen molar-refractivity contribution in [3.63, 3.8) is 0 Å². The van der Waals surface area contributed by atoms with Crippen LogP contribution in [-0.4, -0.2) is 25.1 Å². The van der Waals surface area contributed by atoms with Gasteiger partial charge >= 0.3 is 5.97 Å². The highest BCUT2D eigenvalue weighted by Crippen LogP contribution is 2.29. The quantitative estimate of drug-likeness (QED) is 0.723. The number of benzene rings is 2. The second kappa shape index (κ2) is 7.93. The Morgan fingerprint density at radius 1 is 1.27 bits per heavy atom. The number of amides is 1. The van der Waals surface area contributed by atoms with Crippen molar-refractivity contribution < 1.29 is 19.1 Å². The average molecular weight is 437 g/mol. The van der Waals surface area contributed by atoms with Crippen LogP contribution in [0.5, 0.6) is 5.75 Å². The van der Waals surface area contributed by atoms with Crippen LogP contribution < -0.4 is 10.1 Å². The molecule has 3 rings (SSSR count). The summed E-state index contributed by atoms with van der Waals surface area (Å²) in [4.78, 5) is 24.2. The zero-order valence-electron chi connectivity index (χ0n) is 13.8. The third kappa shape index (κ3) is 4.45. The standard InChI is InChI=1S/C19H15BrClNO4/c1-11-6-14(20)2-4-16(11)22-18(23)10-26-19(24)13-7-12-8-15(21)3-5-17(12)25-9-13/h2-8H,9-10H2,1H3,(H,22,23). The van der Waals surface area contributed by atoms with Gasteiger partial charge < -0.3 is 14.8 Å². The first-order chi connectivity index (χ1) is 12.4. The van der Waals surface area contributed by atoms with Gasteiger partial charge in [0.1, 0.15) is 12.4 Å². The van der Waals surface area contributed by atoms with Gasteiger partial charge in [0.05, 0.1) is 5.57 Å². The maximum absolute atomic E-state index is 12.2. The summed E-state index contributed by atoms with van der Waals surface area (Å²) in [6.07, 6.45) is 1.66. The highest BCUT2D eigenvalue weighted by molar-refractivity contribution is 9.10. The van der Waals surface area contributed by atoms with Crippen LogP contribution in [0.4, 0.5) is 5.69 Å². The number of aryl methyl sites for hydroxylation is 1. The number of anilines is 1. The minimum absolute atomic E-state index is 0.0842. The molecule has 1 amide bonds. The smallest absolute Gasteiger partial charge is 0.338 e. The number of carbonyl (C=O) groups is 2. The summed E-state index contributed by atoms with van der Waals surface area (Å²) in [7, 11) is 0. The van der Waals surface area contributed by atoms with E-state index in [1.54, 1.807) is 30.3 Å². The Morgan fingerprint density at radius 2 is 2.08 bits per heavy atom. The largest absolute Gasteiger partial charge is 0.488 e. The molecule has 5 nitrogen and oxygen atoms in total. The topological polar surface area (TPSA) is 64.6 Å². The Hall–Kier alpha value is -2.31. The molecule has 0 spiro atoms. The van der Waals surface area contributed by atoms with Crippen molar-refractivity contribution in [2.45, 2.75) is 6.92 Å². The number of hydrogen-bond acceptors (Lipinski definition) is 4. The number of ether oxygens (including phenoxy) is 2. The molecule has 1 N–H and O–H groups in total. The van der Waals surface area contributed by atoms with E-state index < -0.39 is 11.9 Å². The first-order valence-electron chi connectivity index (χ1n) is 7.78. The third-order valence-electron chi connectivity index (χ3n) is 3.74. The van der Waals surface area contributed by atoms with Gasteiger partial charge in [-0.25, -0.2) is 4.79 Å². The maximum atomic E-state index is 12.2. The number of rotatable bonds is 4. The highest BCUT2D eigenvalue weighted by Gasteiger charge is 2.19. The number of carbonyl (C=O) groups excluding carboxylic acids is 2. The molecule has 0 unspecified atom stereocenters. The van der Waals surface area contributed by atoms with Crippen LogP contribution in [-0.2, 0) is 14.3 Å². The van der Waals surface area contributed by atoms with Gasteiger partial charge in [0, 0.05) is 20.7 Å². The Kier molecular flexibility index (Phi) is 5.64. The van der Waals surface area contributed by atoms with Gasteiger partial charge in [-0.1, -0.05) is 27.5 Å². The molecule has 0 aliphatic carbocycles. The van der Waals surface area contributed by atoms with Gasteiger partial charge in [-0.3, -0.25) is 4.79 Å². The van der Waals surface area contributed by atoms with Crippen molar-refractivity contribution in [2.75, 3.05) is 18.5 Å². The fourth-order valence-corrected chi connectivity index (χ4v) is 3.10. The van der Waals surface area contributed by atoms with E-state index in [1.807, 2.05) is 19.1 Å². The Balaban J connectivity index is 1.59. The summed E-state index contributed by atoms with van der Waals surface area (Å²) in [5, 5.41) is 3.26. The number of esters is 1. The van der Waals surface area contributed by atoms with Gasteiger partial charge in [-0.05, 0) is 55.0 Å². The van der Waals surface area contributed by atoms with E-state index >= 15 is 0 Å². The average Bonchev–Trinajstić information content (AvgIpc) is 2.61. The number of fused-ring (bicyclic) bond motifs is 1. The second-order valence-corrected chi connectivity index (χ2v) is 7.08. The molecule has 134 valence electrons. The predicted octanol–water partition coefficient (Wildman–Crippen LogP) is 4.37. The minimum atomic E-state index is -0.599. The van der Waals surface area contributed by atoms with Crippen LogP contribution >= 0.6 is 27.5 Å². The Bertz CT molecular complexity index is 910. The van der Waals surface area contributed by atoms with Crippen LogP contribution in [0.1, 0.15) is 11.1 Å². The summed E-state index contributed by atoms with van der Waals surface area (Å²) in [6, 6.07) is 10.6. The van der Waals surface area contributed by atoms with E-state index in [0.29, 0.717) is 27.6 Å². The summed E-state index contributed by atoms with van der Waals surface area (Å²) in [5.74, 6) is -0.364. The van der Waals surface area contributed by atoms with Crippen molar-refractivity contribution in [2.24, 2.45) is 0 Å². The third-order valence-corrected chi connectivity index (χ3v) is 4.47. The molecule has 0 radical (unpaired) electrons. The fraction of sp³-hybridized carbons (Fsp3) is 0.158. The summed E-state index contributed by atoms with van der Waals surface area (Å²) in [6.45, 7) is 1.58. The molecule has 0 saturated carbocycles. The molecule has 0 bridgehead atoms. The van der Waals surface area contributed by atoms with Crippen LogP contribution in [0.2, 0.25) is 5.02 Å². The normalized spacial score (nSPS) is 12.5. The zero-order chi connectivity index (χ0) is 18.7. The highest BCUT2D eigenvalue weighted by atomic mass is 79.9. The van der Waals surface area contributed by atoms with Gasteiger partial charge in [0.2, 0.25) is 0 Å². The number of nitrogens with one attached hydrogen (secondary N) is 1. The van der Waals surface area contributed by atoms with E-state index in [-0.39, 0.29) is 13.2 Å². The van der Waals surface area contributed by atoms with Crippen LogP contribution in [0.3, 0.4) is 0 Å². The molecule has 0 saturated heterocycles. The fourth-order valence-electron chi connectivity index (χ4n) is 2.44. The Labute approximate surface area is 164 Å². The van der Waals surface area contributed by atoms with Crippen molar-refractivity contribution in [3.05, 3.63) is 62.6 Å². The van der Waals surface area contributed by atoms with E-state index in [1.165, 1.54) is 0 Å². The molecule has 2 aromatic rings. The molecular formula is C19H15BrClNO4. The number of halogens is 2. The monoisotopic (exact) mass is 435 g/mol. The SMILES string of the molecule is Cc1cc(Br)ccc1NC(=O)COC(=O)C1=Cc2cc(Cl)ccc2OC1. The molecule has 2 aromatic carbocycles. The zero-order valence-corrected chi connectivity index (χ0v) is 16.2. The Morgan fingerprint density at radius 3 is 2.85 bits per heavy atom. The van der Waals surface area contributed by atoms with Crippen molar-refractivity contribution in [3.8, 4) is 5.75 Å². The molecule has 1 aliphatic rings. The van der Waals surface area contributed by atoms with E-state index in [2.05, 4.69) is 21.2 Å². The summed E-state index contributed by atoms with van der Waals surface area (Å²) in [5.41, 5.74) is 2.59. The van der Waals surface area contributed by atoms with Crippen LogP contribution in [0.25, 0.3) is 6.08 Å². The summed E-state index contributed by atoms with van der Waals surface area (Å²) < 4.78 is 11.5. The molecule has 0 aromatic heterocycles. The lowest BCUT2D eigenvalue weighted by Crippen LogP contribution is -2.24. The molecular weight excluding hydrogens is 422 g/mol.